The van der Waals surface area contributed by atoms with Crippen LogP contribution in [0.4, 0.5) is 5.69 Å². The van der Waals surface area contributed by atoms with E-state index in [4.69, 9.17) is 0 Å². The summed E-state index contributed by atoms with van der Waals surface area (Å²) in [5.74, 6) is -0.346. The van der Waals surface area contributed by atoms with Crippen molar-refractivity contribution in [3.8, 4) is 0 Å². The minimum absolute atomic E-state index is 0.106. The van der Waals surface area contributed by atoms with E-state index in [1.54, 1.807) is 37.7 Å². The highest BCUT2D eigenvalue weighted by Crippen LogP contribution is 2.20. The molecular weight excluding hydrogens is 356 g/mol. The highest BCUT2D eigenvalue weighted by Gasteiger charge is 2.23. The van der Waals surface area contributed by atoms with Gasteiger partial charge in [-0.3, -0.25) is 4.79 Å². The molecule has 2 aromatic carbocycles. The Labute approximate surface area is 153 Å². The van der Waals surface area contributed by atoms with Crippen molar-refractivity contribution >= 4 is 33.4 Å². The van der Waals surface area contributed by atoms with E-state index in [1.807, 2.05) is 30.5 Å². The molecule has 1 N–H and O–H groups in total. The van der Waals surface area contributed by atoms with Crippen molar-refractivity contribution in [3.63, 3.8) is 0 Å². The average molecular weight is 379 g/mol. The lowest BCUT2D eigenvalue weighted by molar-refractivity contribution is 0.102. The van der Waals surface area contributed by atoms with Gasteiger partial charge in [-0.1, -0.05) is 6.07 Å². The molecule has 2 rings (SSSR count). The Hall–Kier alpha value is -1.83. The van der Waals surface area contributed by atoms with Crippen molar-refractivity contribution in [1.29, 1.82) is 0 Å². The van der Waals surface area contributed by atoms with E-state index in [-0.39, 0.29) is 16.8 Å². The molecule has 134 valence electrons. The standard InChI is InChI=1S/C18H22N2O3S2/c1-13(2)20(3)25(22,23)17-7-5-6-14(12-17)18(21)19-15-8-10-16(24-4)11-9-15/h5-13H,1-4H3,(H,19,21). The summed E-state index contributed by atoms with van der Waals surface area (Å²) < 4.78 is 26.4. The van der Waals surface area contributed by atoms with Crippen molar-refractivity contribution < 1.29 is 13.2 Å². The fourth-order valence-corrected chi connectivity index (χ4v) is 3.94. The number of anilines is 1. The van der Waals surface area contributed by atoms with Crippen molar-refractivity contribution in [3.05, 3.63) is 54.1 Å². The minimum atomic E-state index is -3.63. The molecule has 0 aliphatic rings. The molecule has 5 nitrogen and oxygen atoms in total. The van der Waals surface area contributed by atoms with Gasteiger partial charge >= 0.3 is 0 Å². The molecule has 0 atom stereocenters. The maximum absolute atomic E-state index is 12.6. The average Bonchev–Trinajstić information content (AvgIpc) is 2.61. The fourth-order valence-electron chi connectivity index (χ4n) is 2.12. The first-order valence-electron chi connectivity index (χ1n) is 7.79. The van der Waals surface area contributed by atoms with Crippen LogP contribution in [-0.2, 0) is 10.0 Å². The molecule has 25 heavy (non-hydrogen) atoms. The summed E-state index contributed by atoms with van der Waals surface area (Å²) in [6.45, 7) is 3.60. The lowest BCUT2D eigenvalue weighted by Gasteiger charge is -2.21. The Morgan fingerprint density at radius 1 is 1.12 bits per heavy atom. The molecule has 0 bridgehead atoms. The van der Waals surface area contributed by atoms with E-state index in [0.717, 1.165) is 4.90 Å². The number of carbonyl (C=O) groups is 1. The number of benzene rings is 2. The first kappa shape index (κ1) is 19.5. The van der Waals surface area contributed by atoms with E-state index < -0.39 is 10.0 Å². The van der Waals surface area contributed by atoms with Gasteiger partial charge in [-0.15, -0.1) is 11.8 Å². The van der Waals surface area contributed by atoms with Gasteiger partial charge in [0.15, 0.2) is 0 Å². The fraction of sp³-hybridized carbons (Fsp3) is 0.278. The first-order valence-corrected chi connectivity index (χ1v) is 10.5. The number of carbonyl (C=O) groups excluding carboxylic acids is 1. The Balaban J connectivity index is 2.24. The molecule has 0 radical (unpaired) electrons. The molecule has 1 amide bonds. The molecule has 0 saturated carbocycles. The van der Waals surface area contributed by atoms with E-state index >= 15 is 0 Å². The summed E-state index contributed by atoms with van der Waals surface area (Å²) in [6.07, 6.45) is 1.98. The predicted octanol–water partition coefficient (Wildman–Crippen LogP) is 3.69. The maximum Gasteiger partial charge on any atom is 0.255 e. The number of thioether (sulfide) groups is 1. The van der Waals surface area contributed by atoms with Crippen molar-refractivity contribution in [2.75, 3.05) is 18.6 Å². The largest absolute Gasteiger partial charge is 0.322 e. The van der Waals surface area contributed by atoms with Gasteiger partial charge in [0.25, 0.3) is 5.91 Å². The van der Waals surface area contributed by atoms with Crippen LogP contribution < -0.4 is 5.32 Å². The molecule has 0 aromatic heterocycles. The molecular formula is C18H22N2O3S2. The third kappa shape index (κ3) is 4.62. The van der Waals surface area contributed by atoms with Crippen LogP contribution >= 0.6 is 11.8 Å². The van der Waals surface area contributed by atoms with Crippen LogP contribution in [0.2, 0.25) is 0 Å². The Bertz CT molecular complexity index is 847. The number of hydrogen-bond donors (Lipinski definition) is 1. The van der Waals surface area contributed by atoms with Gasteiger partial charge < -0.3 is 5.32 Å². The van der Waals surface area contributed by atoms with Gasteiger partial charge in [0.05, 0.1) is 4.90 Å². The van der Waals surface area contributed by atoms with Crippen LogP contribution in [0, 0.1) is 0 Å². The quantitative estimate of drug-likeness (QED) is 0.779. The second-order valence-electron chi connectivity index (χ2n) is 5.83. The molecule has 0 unspecified atom stereocenters. The van der Waals surface area contributed by atoms with E-state index in [2.05, 4.69) is 5.32 Å². The lowest BCUT2D eigenvalue weighted by atomic mass is 10.2. The first-order chi connectivity index (χ1) is 11.8. The van der Waals surface area contributed by atoms with E-state index in [1.165, 1.54) is 23.5 Å². The summed E-state index contributed by atoms with van der Waals surface area (Å²) >= 11 is 1.62. The van der Waals surface area contributed by atoms with Crippen LogP contribution in [0.15, 0.2) is 58.3 Å². The second-order valence-corrected chi connectivity index (χ2v) is 8.70. The van der Waals surface area contributed by atoms with Gasteiger partial charge in [0.1, 0.15) is 0 Å². The summed E-state index contributed by atoms with van der Waals surface area (Å²) in [7, 11) is -2.10. The van der Waals surface area contributed by atoms with Crippen LogP contribution in [0.5, 0.6) is 0 Å². The Morgan fingerprint density at radius 2 is 1.76 bits per heavy atom. The van der Waals surface area contributed by atoms with Crippen LogP contribution in [-0.4, -0.2) is 38.0 Å². The third-order valence-electron chi connectivity index (χ3n) is 3.85. The summed E-state index contributed by atoms with van der Waals surface area (Å²) in [5, 5.41) is 2.78. The summed E-state index contributed by atoms with van der Waals surface area (Å²) in [6, 6.07) is 13.4. The number of nitrogens with one attached hydrogen (secondary N) is 1. The lowest BCUT2D eigenvalue weighted by Crippen LogP contribution is -2.33. The zero-order valence-corrected chi connectivity index (χ0v) is 16.3. The number of hydrogen-bond acceptors (Lipinski definition) is 4. The highest BCUT2D eigenvalue weighted by atomic mass is 32.2. The summed E-state index contributed by atoms with van der Waals surface area (Å²) in [4.78, 5) is 13.6. The zero-order valence-electron chi connectivity index (χ0n) is 14.7. The number of amides is 1. The van der Waals surface area contributed by atoms with E-state index in [0.29, 0.717) is 11.3 Å². The summed E-state index contributed by atoms with van der Waals surface area (Å²) in [5.41, 5.74) is 0.961. The smallest absolute Gasteiger partial charge is 0.255 e. The number of sulfonamides is 1. The SMILES string of the molecule is CSc1ccc(NC(=O)c2cccc(S(=O)(=O)N(C)C(C)C)c2)cc1. The zero-order chi connectivity index (χ0) is 18.6. The number of nitrogens with zero attached hydrogens (tertiary/aromatic N) is 1. The van der Waals surface area contributed by atoms with Gasteiger partial charge in [0, 0.05) is 29.2 Å². The van der Waals surface area contributed by atoms with Crippen LogP contribution in [0.3, 0.4) is 0 Å². The van der Waals surface area contributed by atoms with Gasteiger partial charge in [0.2, 0.25) is 10.0 Å². The molecule has 2 aromatic rings. The second kappa shape index (κ2) is 8.03. The molecule has 0 fully saturated rings. The molecule has 0 aliphatic carbocycles. The van der Waals surface area contributed by atoms with Crippen LogP contribution in [0.1, 0.15) is 24.2 Å². The minimum Gasteiger partial charge on any atom is -0.322 e. The van der Waals surface area contributed by atoms with Crippen molar-refractivity contribution in [1.82, 2.24) is 4.31 Å². The molecule has 0 heterocycles. The van der Waals surface area contributed by atoms with Gasteiger partial charge in [-0.05, 0) is 62.6 Å². The van der Waals surface area contributed by atoms with E-state index in [9.17, 15) is 13.2 Å². The molecule has 0 saturated heterocycles. The highest BCUT2D eigenvalue weighted by molar-refractivity contribution is 7.98. The Morgan fingerprint density at radius 3 is 2.32 bits per heavy atom. The van der Waals surface area contributed by atoms with Gasteiger partial charge in [-0.2, -0.15) is 4.31 Å². The third-order valence-corrected chi connectivity index (χ3v) is 6.62. The van der Waals surface area contributed by atoms with Crippen molar-refractivity contribution in [2.24, 2.45) is 0 Å². The molecule has 7 heteroatoms. The Kier molecular flexibility index (Phi) is 6.26. The predicted molar refractivity (Wildman–Crippen MR) is 103 cm³/mol. The topological polar surface area (TPSA) is 66.5 Å². The normalized spacial score (nSPS) is 11.8. The van der Waals surface area contributed by atoms with Crippen LogP contribution in [0.25, 0.3) is 0 Å². The molecule has 0 spiro atoms. The van der Waals surface area contributed by atoms with Crippen molar-refractivity contribution in [2.45, 2.75) is 29.7 Å². The number of rotatable bonds is 6. The maximum atomic E-state index is 12.6. The monoisotopic (exact) mass is 378 g/mol. The van der Waals surface area contributed by atoms with Gasteiger partial charge in [-0.25, -0.2) is 8.42 Å². The molecule has 0 aliphatic heterocycles.